The molecule has 0 aromatic carbocycles. The topological polar surface area (TPSA) is 65.7 Å². The van der Waals surface area contributed by atoms with Gasteiger partial charge in [-0.25, -0.2) is 4.98 Å². The molecular weight excluding hydrogens is 391 g/mol. The van der Waals surface area contributed by atoms with Crippen LogP contribution in [0.25, 0.3) is 0 Å². The Balaban J connectivity index is 2.08. The van der Waals surface area contributed by atoms with Gasteiger partial charge in [0.15, 0.2) is 5.96 Å². The van der Waals surface area contributed by atoms with Crippen molar-refractivity contribution in [3.63, 3.8) is 0 Å². The monoisotopic (exact) mass is 417 g/mol. The van der Waals surface area contributed by atoms with E-state index in [0.29, 0.717) is 19.0 Å². The minimum absolute atomic E-state index is 0.200. The van der Waals surface area contributed by atoms with Crippen molar-refractivity contribution >= 4 is 17.3 Å². The molecular formula is C18H26F3N5OS. The van der Waals surface area contributed by atoms with Crippen molar-refractivity contribution in [2.75, 3.05) is 26.7 Å². The summed E-state index contributed by atoms with van der Waals surface area (Å²) in [6, 6.07) is 4.02. The third kappa shape index (κ3) is 5.26. The molecule has 2 heterocycles. The number of rotatable bonds is 8. The fourth-order valence-corrected chi connectivity index (χ4v) is 3.47. The van der Waals surface area contributed by atoms with Gasteiger partial charge < -0.3 is 19.9 Å². The summed E-state index contributed by atoms with van der Waals surface area (Å²) in [4.78, 5) is 11.1. The fraction of sp³-hybridized carbons (Fsp3) is 0.556. The molecule has 0 fully saturated rings. The molecule has 1 atom stereocenters. The maximum absolute atomic E-state index is 13.6. The Hall–Kier alpha value is -2.07. The van der Waals surface area contributed by atoms with Gasteiger partial charge in [0.25, 0.3) is 0 Å². The molecule has 0 amide bonds. The lowest BCUT2D eigenvalue weighted by atomic mass is 9.98. The molecule has 2 N–H and O–H groups in total. The van der Waals surface area contributed by atoms with Gasteiger partial charge in [-0.3, -0.25) is 4.99 Å². The molecule has 0 bridgehead atoms. The van der Waals surface area contributed by atoms with Crippen molar-refractivity contribution in [2.24, 2.45) is 12.0 Å². The lowest BCUT2D eigenvalue weighted by molar-refractivity contribution is -0.272. The van der Waals surface area contributed by atoms with Gasteiger partial charge >= 0.3 is 6.18 Å². The number of imidazole rings is 1. The first-order chi connectivity index (χ1) is 13.2. The maximum Gasteiger partial charge on any atom is 0.424 e. The van der Waals surface area contributed by atoms with Crippen molar-refractivity contribution in [1.82, 2.24) is 19.8 Å². The van der Waals surface area contributed by atoms with Crippen LogP contribution in [-0.4, -0.2) is 58.4 Å². The van der Waals surface area contributed by atoms with E-state index in [0.717, 1.165) is 6.42 Å². The van der Waals surface area contributed by atoms with Gasteiger partial charge in [-0.05, 0) is 24.8 Å². The molecule has 0 aliphatic heterocycles. The average Bonchev–Trinajstić information content (AvgIpc) is 3.29. The number of likely N-dealkylation sites (N-methyl/N-ethyl adjacent to an activating group) is 1. The van der Waals surface area contributed by atoms with Crippen LogP contribution in [-0.2, 0) is 19.1 Å². The summed E-state index contributed by atoms with van der Waals surface area (Å²) in [5, 5.41) is 15.5. The van der Waals surface area contributed by atoms with Gasteiger partial charge in [-0.15, -0.1) is 11.3 Å². The Labute approximate surface area is 166 Å². The van der Waals surface area contributed by atoms with Gasteiger partial charge in [0, 0.05) is 57.4 Å². The van der Waals surface area contributed by atoms with E-state index < -0.39 is 24.0 Å². The average molecular weight is 418 g/mol. The van der Waals surface area contributed by atoms with Crippen molar-refractivity contribution < 1.29 is 18.3 Å². The summed E-state index contributed by atoms with van der Waals surface area (Å²) in [6.45, 7) is 2.96. The number of nitrogens with one attached hydrogen (secondary N) is 1. The van der Waals surface area contributed by atoms with Gasteiger partial charge in [0.2, 0.25) is 5.60 Å². The molecule has 0 aliphatic carbocycles. The summed E-state index contributed by atoms with van der Waals surface area (Å²) in [5.41, 5.74) is -3.05. The summed E-state index contributed by atoms with van der Waals surface area (Å²) >= 11 is 1.66. The summed E-state index contributed by atoms with van der Waals surface area (Å²) in [6.07, 6.45) is -2.05. The van der Waals surface area contributed by atoms with Crippen LogP contribution in [0, 0.1) is 0 Å². The predicted molar refractivity (Wildman–Crippen MR) is 104 cm³/mol. The lowest BCUT2D eigenvalue weighted by Gasteiger charge is -2.29. The second-order valence-electron chi connectivity index (χ2n) is 6.46. The second kappa shape index (κ2) is 9.42. The summed E-state index contributed by atoms with van der Waals surface area (Å²) in [7, 11) is 3.26. The highest BCUT2D eigenvalue weighted by atomic mass is 32.1. The van der Waals surface area contributed by atoms with Crippen LogP contribution >= 0.6 is 11.3 Å². The van der Waals surface area contributed by atoms with Crippen LogP contribution in [0.4, 0.5) is 13.2 Å². The molecule has 0 aliphatic rings. The van der Waals surface area contributed by atoms with Crippen molar-refractivity contribution in [3.05, 3.63) is 40.6 Å². The third-order valence-corrected chi connectivity index (χ3v) is 5.30. The Morgan fingerprint density at radius 1 is 1.43 bits per heavy atom. The second-order valence-corrected chi connectivity index (χ2v) is 7.49. The SMILES string of the molecule is CCNC(=NCCC(O)(c1nccn1C)C(F)(F)F)N(C)CCc1cccs1. The molecule has 28 heavy (non-hydrogen) atoms. The molecule has 2 rings (SSSR count). The molecule has 0 saturated heterocycles. The molecule has 0 spiro atoms. The smallest absolute Gasteiger partial charge is 0.374 e. The van der Waals surface area contributed by atoms with Crippen LogP contribution in [0.15, 0.2) is 34.9 Å². The first-order valence-electron chi connectivity index (χ1n) is 8.97. The Bertz CT molecular complexity index is 760. The van der Waals surface area contributed by atoms with E-state index >= 15 is 0 Å². The molecule has 2 aromatic rings. The van der Waals surface area contributed by atoms with Crippen LogP contribution in [0.5, 0.6) is 0 Å². The van der Waals surface area contributed by atoms with E-state index in [1.165, 1.54) is 28.9 Å². The first kappa shape index (κ1) is 22.2. The van der Waals surface area contributed by atoms with Crippen LogP contribution in [0.3, 0.4) is 0 Å². The predicted octanol–water partition coefficient (Wildman–Crippen LogP) is 2.76. The minimum Gasteiger partial charge on any atom is -0.374 e. The molecule has 0 saturated carbocycles. The molecule has 10 heteroatoms. The largest absolute Gasteiger partial charge is 0.424 e. The van der Waals surface area contributed by atoms with E-state index in [2.05, 4.69) is 15.3 Å². The van der Waals surface area contributed by atoms with E-state index in [1.807, 2.05) is 36.4 Å². The number of nitrogens with zero attached hydrogens (tertiary/aromatic N) is 4. The third-order valence-electron chi connectivity index (χ3n) is 4.37. The highest BCUT2D eigenvalue weighted by molar-refractivity contribution is 7.09. The van der Waals surface area contributed by atoms with E-state index in [-0.39, 0.29) is 6.54 Å². The zero-order chi connectivity index (χ0) is 20.8. The Morgan fingerprint density at radius 3 is 2.71 bits per heavy atom. The number of hydrogen-bond acceptors (Lipinski definition) is 4. The number of aryl methyl sites for hydroxylation is 1. The van der Waals surface area contributed by atoms with E-state index in [1.54, 1.807) is 11.3 Å². The zero-order valence-electron chi connectivity index (χ0n) is 16.2. The fourth-order valence-electron chi connectivity index (χ4n) is 2.78. The van der Waals surface area contributed by atoms with E-state index in [9.17, 15) is 18.3 Å². The molecule has 2 aromatic heterocycles. The van der Waals surface area contributed by atoms with Gasteiger partial charge in [0.05, 0.1) is 0 Å². The van der Waals surface area contributed by atoms with Crippen LogP contribution in [0.1, 0.15) is 24.0 Å². The molecule has 1 unspecified atom stereocenters. The minimum atomic E-state index is -4.86. The molecule has 156 valence electrons. The Morgan fingerprint density at radius 2 is 2.18 bits per heavy atom. The number of guanidine groups is 1. The number of halogens is 3. The summed E-state index contributed by atoms with van der Waals surface area (Å²) in [5.74, 6) is 0.0645. The number of hydrogen-bond donors (Lipinski definition) is 2. The van der Waals surface area contributed by atoms with Gasteiger partial charge in [-0.2, -0.15) is 13.2 Å². The number of aliphatic imine (C=N–C) groups is 1. The number of alkyl halides is 3. The van der Waals surface area contributed by atoms with E-state index in [4.69, 9.17) is 0 Å². The van der Waals surface area contributed by atoms with Gasteiger partial charge in [-0.1, -0.05) is 6.07 Å². The number of aliphatic hydroxyl groups is 1. The molecule has 6 nitrogen and oxygen atoms in total. The summed E-state index contributed by atoms with van der Waals surface area (Å²) < 4.78 is 41.9. The number of aromatic nitrogens is 2. The van der Waals surface area contributed by atoms with Crippen molar-refractivity contribution in [2.45, 2.75) is 31.5 Å². The highest BCUT2D eigenvalue weighted by Gasteiger charge is 2.57. The quantitative estimate of drug-likeness (QED) is 0.512. The zero-order valence-corrected chi connectivity index (χ0v) is 17.0. The van der Waals surface area contributed by atoms with Crippen LogP contribution in [0.2, 0.25) is 0 Å². The standard InChI is InChI=1S/C18H26F3N5OS/c1-4-22-16(26(3)11-7-14-6-5-13-28-14)24-9-8-17(27,18(19,20)21)15-23-10-12-25(15)2/h5-6,10,12-13,27H,4,7-9,11H2,1-3H3,(H,22,24). The van der Waals surface area contributed by atoms with Crippen LogP contribution < -0.4 is 5.32 Å². The lowest BCUT2D eigenvalue weighted by Crippen LogP contribution is -2.45. The molecule has 0 radical (unpaired) electrons. The number of thiophene rings is 1. The highest BCUT2D eigenvalue weighted by Crippen LogP contribution is 2.40. The maximum atomic E-state index is 13.6. The van der Waals surface area contributed by atoms with Crippen molar-refractivity contribution in [3.8, 4) is 0 Å². The van der Waals surface area contributed by atoms with Crippen molar-refractivity contribution in [1.29, 1.82) is 0 Å². The Kier molecular flexibility index (Phi) is 7.48. The first-order valence-corrected chi connectivity index (χ1v) is 9.85. The normalized spacial score (nSPS) is 14.8. The van der Waals surface area contributed by atoms with Gasteiger partial charge in [0.1, 0.15) is 5.82 Å².